The molecule has 0 atom stereocenters. The summed E-state index contributed by atoms with van der Waals surface area (Å²) in [7, 11) is -2.32. The van der Waals surface area contributed by atoms with Crippen molar-refractivity contribution in [3.8, 4) is 0 Å². The number of hydrogen-bond donors (Lipinski definition) is 1. The Hall–Kier alpha value is -2.34. The van der Waals surface area contributed by atoms with Crippen molar-refractivity contribution in [3.05, 3.63) is 60.2 Å². The molecule has 120 valence electrons. The molecule has 0 spiro atoms. The topological polar surface area (TPSA) is 66.5 Å². The van der Waals surface area contributed by atoms with Crippen LogP contribution in [0, 0.1) is 0 Å². The van der Waals surface area contributed by atoms with E-state index in [2.05, 4.69) is 5.32 Å². The molecule has 0 aromatic heterocycles. The summed E-state index contributed by atoms with van der Waals surface area (Å²) in [5.74, 6) is -0.340. The first-order chi connectivity index (χ1) is 11.0. The van der Waals surface area contributed by atoms with E-state index in [0.29, 0.717) is 5.69 Å². The van der Waals surface area contributed by atoms with E-state index in [1.54, 1.807) is 42.5 Å². The van der Waals surface area contributed by atoms with Crippen molar-refractivity contribution in [1.82, 2.24) is 5.32 Å². The Labute approximate surface area is 136 Å². The van der Waals surface area contributed by atoms with Gasteiger partial charge in [0.05, 0.1) is 11.3 Å². The van der Waals surface area contributed by atoms with Crippen LogP contribution in [0.5, 0.6) is 0 Å². The van der Waals surface area contributed by atoms with Crippen molar-refractivity contribution in [3.63, 3.8) is 0 Å². The maximum absolute atomic E-state index is 12.9. The Morgan fingerprint density at radius 3 is 2.30 bits per heavy atom. The van der Waals surface area contributed by atoms with E-state index in [0.717, 1.165) is 12.8 Å². The van der Waals surface area contributed by atoms with Crippen LogP contribution in [0.2, 0.25) is 0 Å². The van der Waals surface area contributed by atoms with Gasteiger partial charge < -0.3 is 5.32 Å². The fourth-order valence-electron chi connectivity index (χ4n) is 2.29. The molecule has 1 amide bonds. The van der Waals surface area contributed by atoms with Crippen LogP contribution < -0.4 is 9.62 Å². The Morgan fingerprint density at radius 1 is 1.04 bits per heavy atom. The molecule has 0 heterocycles. The van der Waals surface area contributed by atoms with E-state index >= 15 is 0 Å². The summed E-state index contributed by atoms with van der Waals surface area (Å²) in [5, 5.41) is 2.84. The van der Waals surface area contributed by atoms with Gasteiger partial charge in [-0.3, -0.25) is 9.10 Å². The molecule has 2 aromatic carbocycles. The summed E-state index contributed by atoms with van der Waals surface area (Å²) in [6, 6.07) is 15.3. The zero-order valence-corrected chi connectivity index (χ0v) is 13.6. The molecule has 1 aliphatic carbocycles. The molecule has 5 nitrogen and oxygen atoms in total. The van der Waals surface area contributed by atoms with Gasteiger partial charge in [0, 0.05) is 13.1 Å². The zero-order chi connectivity index (χ0) is 16.4. The van der Waals surface area contributed by atoms with Crippen LogP contribution in [0.1, 0.15) is 23.2 Å². The predicted octanol–water partition coefficient (Wildman–Crippen LogP) is 2.40. The third-order valence-corrected chi connectivity index (χ3v) is 5.65. The number of carbonyl (C=O) groups is 1. The quantitative estimate of drug-likeness (QED) is 0.915. The molecular formula is C17H18N2O3S. The summed E-state index contributed by atoms with van der Waals surface area (Å²) in [5.41, 5.74) is 0.729. The number of benzene rings is 2. The average molecular weight is 330 g/mol. The van der Waals surface area contributed by atoms with E-state index in [9.17, 15) is 13.2 Å². The Balaban J connectivity index is 1.98. The fourth-order valence-corrected chi connectivity index (χ4v) is 3.68. The lowest BCUT2D eigenvalue weighted by Gasteiger charge is -2.21. The second-order valence-corrected chi connectivity index (χ2v) is 7.49. The Kier molecular flexibility index (Phi) is 4.09. The Bertz CT molecular complexity index is 815. The molecule has 0 aliphatic heterocycles. The van der Waals surface area contributed by atoms with Crippen molar-refractivity contribution in [2.45, 2.75) is 23.8 Å². The van der Waals surface area contributed by atoms with Crippen molar-refractivity contribution < 1.29 is 13.2 Å². The summed E-state index contributed by atoms with van der Waals surface area (Å²) >= 11 is 0. The lowest BCUT2D eigenvalue weighted by Crippen LogP contribution is -2.31. The average Bonchev–Trinajstić information content (AvgIpc) is 3.39. The van der Waals surface area contributed by atoms with Crippen LogP contribution in [0.4, 0.5) is 5.69 Å². The van der Waals surface area contributed by atoms with E-state index in [4.69, 9.17) is 0 Å². The molecule has 23 heavy (non-hydrogen) atoms. The number of amides is 1. The first kappa shape index (κ1) is 15.6. The van der Waals surface area contributed by atoms with E-state index in [1.165, 1.54) is 17.4 Å². The lowest BCUT2D eigenvalue weighted by atomic mass is 10.2. The third kappa shape index (κ3) is 3.22. The zero-order valence-electron chi connectivity index (χ0n) is 12.8. The normalized spacial score (nSPS) is 14.3. The smallest absolute Gasteiger partial charge is 0.264 e. The number of nitrogens with one attached hydrogen (secondary N) is 1. The molecular weight excluding hydrogens is 312 g/mol. The fraction of sp³-hybridized carbons (Fsp3) is 0.235. The van der Waals surface area contributed by atoms with Crippen molar-refractivity contribution in [2.75, 3.05) is 11.4 Å². The molecule has 6 heteroatoms. The van der Waals surface area contributed by atoms with Gasteiger partial charge in [-0.1, -0.05) is 30.3 Å². The van der Waals surface area contributed by atoms with E-state index in [1.807, 2.05) is 6.07 Å². The number of hydrogen-bond acceptors (Lipinski definition) is 3. The highest BCUT2D eigenvalue weighted by Crippen LogP contribution is 2.25. The van der Waals surface area contributed by atoms with E-state index < -0.39 is 10.0 Å². The standard InChI is InChI=1S/C17H18N2O3S/c1-19(14-7-3-2-4-8-14)23(21,22)16-10-6-5-9-15(16)17(20)18-13-11-12-13/h2-10,13H,11-12H2,1H3,(H,18,20). The van der Waals surface area contributed by atoms with Crippen LogP contribution >= 0.6 is 0 Å². The Morgan fingerprint density at radius 2 is 1.65 bits per heavy atom. The number of nitrogens with zero attached hydrogens (tertiary/aromatic N) is 1. The van der Waals surface area contributed by atoms with Crippen LogP contribution in [-0.4, -0.2) is 27.4 Å². The minimum absolute atomic E-state index is 0.0181. The molecule has 0 unspecified atom stereocenters. The van der Waals surface area contributed by atoms with Crippen LogP contribution in [-0.2, 0) is 10.0 Å². The first-order valence-electron chi connectivity index (χ1n) is 7.44. The lowest BCUT2D eigenvalue weighted by molar-refractivity contribution is 0.0948. The SMILES string of the molecule is CN(c1ccccc1)S(=O)(=O)c1ccccc1C(=O)NC1CC1. The predicted molar refractivity (Wildman–Crippen MR) is 89.0 cm³/mol. The summed E-state index contributed by atoms with van der Waals surface area (Å²) in [4.78, 5) is 12.3. The number of carbonyl (C=O) groups excluding carboxylic acids is 1. The third-order valence-electron chi connectivity index (χ3n) is 3.80. The number of sulfonamides is 1. The molecule has 1 saturated carbocycles. The number of para-hydroxylation sites is 1. The largest absolute Gasteiger partial charge is 0.349 e. The van der Waals surface area contributed by atoms with Crippen molar-refractivity contribution in [2.24, 2.45) is 0 Å². The highest BCUT2D eigenvalue weighted by molar-refractivity contribution is 7.92. The number of rotatable bonds is 5. The molecule has 3 rings (SSSR count). The summed E-state index contributed by atoms with van der Waals surface area (Å²) in [6.45, 7) is 0. The highest BCUT2D eigenvalue weighted by atomic mass is 32.2. The van der Waals surface area contributed by atoms with Gasteiger partial charge in [-0.05, 0) is 37.1 Å². The van der Waals surface area contributed by atoms with Crippen LogP contribution in [0.3, 0.4) is 0 Å². The van der Waals surface area contributed by atoms with Crippen molar-refractivity contribution >= 4 is 21.6 Å². The summed E-state index contributed by atoms with van der Waals surface area (Å²) in [6.07, 6.45) is 1.90. The monoisotopic (exact) mass is 330 g/mol. The molecule has 1 N–H and O–H groups in total. The van der Waals surface area contributed by atoms with Gasteiger partial charge in [0.15, 0.2) is 0 Å². The van der Waals surface area contributed by atoms with Crippen LogP contribution in [0.25, 0.3) is 0 Å². The van der Waals surface area contributed by atoms with Gasteiger partial charge >= 0.3 is 0 Å². The minimum Gasteiger partial charge on any atom is -0.349 e. The van der Waals surface area contributed by atoms with Gasteiger partial charge in [-0.25, -0.2) is 8.42 Å². The molecule has 2 aromatic rings. The van der Waals surface area contributed by atoms with Crippen LogP contribution in [0.15, 0.2) is 59.5 Å². The minimum atomic E-state index is -3.81. The van der Waals surface area contributed by atoms with Gasteiger partial charge in [0.2, 0.25) is 0 Å². The molecule has 0 saturated heterocycles. The van der Waals surface area contributed by atoms with Gasteiger partial charge in [-0.2, -0.15) is 0 Å². The molecule has 0 bridgehead atoms. The molecule has 0 radical (unpaired) electrons. The van der Waals surface area contributed by atoms with Crippen molar-refractivity contribution in [1.29, 1.82) is 0 Å². The second-order valence-electron chi connectivity index (χ2n) is 5.55. The molecule has 1 fully saturated rings. The van der Waals surface area contributed by atoms with Gasteiger partial charge in [0.1, 0.15) is 4.90 Å². The summed E-state index contributed by atoms with van der Waals surface area (Å²) < 4.78 is 27.0. The second kappa shape index (κ2) is 6.04. The first-order valence-corrected chi connectivity index (χ1v) is 8.88. The highest BCUT2D eigenvalue weighted by Gasteiger charge is 2.29. The molecule has 1 aliphatic rings. The maximum Gasteiger partial charge on any atom is 0.264 e. The maximum atomic E-state index is 12.9. The van der Waals surface area contributed by atoms with E-state index in [-0.39, 0.29) is 22.4 Å². The number of anilines is 1. The van der Waals surface area contributed by atoms with Gasteiger partial charge in [-0.15, -0.1) is 0 Å². The van der Waals surface area contributed by atoms with Gasteiger partial charge in [0.25, 0.3) is 15.9 Å².